The highest BCUT2D eigenvalue weighted by Crippen LogP contribution is 2.45. The van der Waals surface area contributed by atoms with Crippen molar-refractivity contribution in [2.45, 2.75) is 44.9 Å². The highest BCUT2D eigenvalue weighted by molar-refractivity contribution is 6.30. The number of benzene rings is 2. The lowest BCUT2D eigenvalue weighted by molar-refractivity contribution is -0.136. The molecule has 0 bridgehead atoms. The number of aliphatic imine (C=N–C) groups is 1. The van der Waals surface area contributed by atoms with Gasteiger partial charge in [0.15, 0.2) is 5.78 Å². The first-order chi connectivity index (χ1) is 20.8. The zero-order valence-corrected chi connectivity index (χ0v) is 25.7. The second-order valence-corrected chi connectivity index (χ2v) is 12.3. The predicted octanol–water partition coefficient (Wildman–Crippen LogP) is 4.61. The number of aliphatic carboxylic acids is 1. The number of Topliss-reactive ketones (excluding diaryl/α,β-unsaturated/α-hetero) is 1. The molecule has 12 heteroatoms. The van der Waals surface area contributed by atoms with Crippen LogP contribution < -0.4 is 10.1 Å². The van der Waals surface area contributed by atoms with Crippen molar-refractivity contribution in [2.75, 3.05) is 19.6 Å². The zero-order chi connectivity index (χ0) is 31.8. The summed E-state index contributed by atoms with van der Waals surface area (Å²) in [5, 5.41) is 12.5. The Balaban J connectivity index is 1.71. The van der Waals surface area contributed by atoms with Crippen molar-refractivity contribution in [3.05, 3.63) is 88.2 Å². The molecule has 0 saturated carbocycles. The molecular weight excluding hydrogens is 586 g/mol. The van der Waals surface area contributed by atoms with Crippen molar-refractivity contribution < 1.29 is 29.0 Å². The number of nitrogens with one attached hydrogen (secondary N) is 1. The number of ketones is 1. The van der Waals surface area contributed by atoms with Crippen molar-refractivity contribution in [1.29, 1.82) is 0 Å². The standard InChI is InChI=1S/C32H34ClN5O6/c1-32(2,3)44-25-15-20(24(39)16-27(41)42)7-10-23(25)30-35-28(21-11-13-36(4)17-21)29(19-5-8-22(33)9-6-19)38(30)31(43)37-14-12-34-26(40)18-37/h5-11,13,15,17,28-29H,12,14,16,18H2,1-4H3,(H,34,40)(H,41,42). The Hall–Kier alpha value is -4.64. The smallest absolute Gasteiger partial charge is 0.326 e. The van der Waals surface area contributed by atoms with Gasteiger partial charge in [-0.15, -0.1) is 0 Å². The van der Waals surface area contributed by atoms with Crippen molar-refractivity contribution in [3.8, 4) is 5.75 Å². The molecule has 1 fully saturated rings. The molecule has 0 radical (unpaired) electrons. The number of carbonyl (C=O) groups is 4. The molecule has 230 valence electrons. The van der Waals surface area contributed by atoms with Gasteiger partial charge in [-0.1, -0.05) is 29.8 Å². The number of carboxylic acids is 1. The molecule has 3 aromatic rings. The van der Waals surface area contributed by atoms with Crippen LogP contribution in [0.25, 0.3) is 0 Å². The van der Waals surface area contributed by atoms with Gasteiger partial charge in [0.25, 0.3) is 0 Å². The molecule has 0 spiro atoms. The molecule has 11 nitrogen and oxygen atoms in total. The number of amidine groups is 1. The van der Waals surface area contributed by atoms with Crippen LogP contribution in [0.3, 0.4) is 0 Å². The minimum absolute atomic E-state index is 0.111. The summed E-state index contributed by atoms with van der Waals surface area (Å²) in [6, 6.07) is 12.2. The number of hydrogen-bond donors (Lipinski definition) is 2. The molecule has 2 aromatic carbocycles. The molecular formula is C32H34ClN5O6. The number of rotatable bonds is 7. The van der Waals surface area contributed by atoms with E-state index in [1.54, 1.807) is 23.1 Å². The number of aryl methyl sites for hydroxylation is 1. The van der Waals surface area contributed by atoms with Crippen LogP contribution in [-0.4, -0.2) is 74.2 Å². The first-order valence-electron chi connectivity index (χ1n) is 14.2. The minimum Gasteiger partial charge on any atom is -0.487 e. The lowest BCUT2D eigenvalue weighted by Gasteiger charge is -2.36. The Morgan fingerprint density at radius 1 is 1.09 bits per heavy atom. The fraction of sp³-hybridized carbons (Fsp3) is 0.344. The van der Waals surface area contributed by atoms with Gasteiger partial charge in [-0.3, -0.25) is 24.3 Å². The predicted molar refractivity (Wildman–Crippen MR) is 164 cm³/mol. The van der Waals surface area contributed by atoms with Crippen LogP contribution in [0, 0.1) is 0 Å². The van der Waals surface area contributed by atoms with Gasteiger partial charge in [0, 0.05) is 43.1 Å². The number of nitrogens with zero attached hydrogens (tertiary/aromatic N) is 4. The van der Waals surface area contributed by atoms with Crippen LogP contribution in [-0.2, 0) is 16.6 Å². The molecule has 2 N–H and O–H groups in total. The Morgan fingerprint density at radius 2 is 1.82 bits per heavy atom. The zero-order valence-electron chi connectivity index (χ0n) is 24.9. The maximum Gasteiger partial charge on any atom is 0.326 e. The van der Waals surface area contributed by atoms with Crippen molar-refractivity contribution in [2.24, 2.45) is 12.0 Å². The fourth-order valence-corrected chi connectivity index (χ4v) is 5.51. The van der Waals surface area contributed by atoms with Crippen molar-refractivity contribution in [3.63, 3.8) is 0 Å². The lowest BCUT2D eigenvalue weighted by Crippen LogP contribution is -2.55. The van der Waals surface area contributed by atoms with E-state index in [1.165, 1.54) is 17.0 Å². The molecule has 2 aliphatic heterocycles. The number of carboxylic acid groups (broad SMARTS) is 1. The van der Waals surface area contributed by atoms with Gasteiger partial charge in [-0.25, -0.2) is 4.79 Å². The van der Waals surface area contributed by atoms with Gasteiger partial charge in [0.1, 0.15) is 36.2 Å². The quantitative estimate of drug-likeness (QED) is 0.293. The first kappa shape index (κ1) is 30.8. The molecule has 0 aliphatic carbocycles. The fourth-order valence-electron chi connectivity index (χ4n) is 5.38. The van der Waals surface area contributed by atoms with E-state index in [9.17, 15) is 24.3 Å². The van der Waals surface area contributed by atoms with Crippen LogP contribution in [0.15, 0.2) is 65.9 Å². The number of ether oxygens (including phenoxy) is 1. The van der Waals surface area contributed by atoms with Crippen LogP contribution in [0.5, 0.6) is 5.75 Å². The molecule has 3 amide bonds. The van der Waals surface area contributed by atoms with Gasteiger partial charge < -0.3 is 24.6 Å². The summed E-state index contributed by atoms with van der Waals surface area (Å²) in [4.78, 5) is 59.0. The summed E-state index contributed by atoms with van der Waals surface area (Å²) in [6.45, 7) is 6.05. The molecule has 2 atom stereocenters. The van der Waals surface area contributed by atoms with Gasteiger partial charge in [-0.2, -0.15) is 0 Å². The molecule has 2 unspecified atom stereocenters. The second-order valence-electron chi connectivity index (χ2n) is 11.8. The number of carbonyl (C=O) groups excluding carboxylic acids is 3. The third-order valence-corrected chi connectivity index (χ3v) is 7.51. The number of halogens is 1. The van der Waals surface area contributed by atoms with E-state index in [-0.39, 0.29) is 23.8 Å². The third kappa shape index (κ3) is 6.62. The van der Waals surface area contributed by atoms with Crippen molar-refractivity contribution >= 4 is 41.1 Å². The summed E-state index contributed by atoms with van der Waals surface area (Å²) < 4.78 is 8.22. The van der Waals surface area contributed by atoms with E-state index in [4.69, 9.17) is 21.3 Å². The van der Waals surface area contributed by atoms with E-state index >= 15 is 0 Å². The van der Waals surface area contributed by atoms with Gasteiger partial charge in [0.05, 0.1) is 11.6 Å². The van der Waals surface area contributed by atoms with Crippen LogP contribution in [0.2, 0.25) is 5.02 Å². The summed E-state index contributed by atoms with van der Waals surface area (Å²) in [7, 11) is 1.90. The Morgan fingerprint density at radius 3 is 2.43 bits per heavy atom. The van der Waals surface area contributed by atoms with E-state index in [1.807, 2.05) is 63.0 Å². The first-order valence-corrected chi connectivity index (χ1v) is 14.6. The van der Waals surface area contributed by atoms with E-state index < -0.39 is 41.9 Å². The molecule has 3 heterocycles. The highest BCUT2D eigenvalue weighted by atomic mass is 35.5. The molecule has 1 aromatic heterocycles. The Kier molecular flexibility index (Phi) is 8.51. The lowest BCUT2D eigenvalue weighted by atomic mass is 9.95. The summed E-state index contributed by atoms with van der Waals surface area (Å²) >= 11 is 6.24. The maximum absolute atomic E-state index is 14.5. The van der Waals surface area contributed by atoms with Crippen LogP contribution in [0.1, 0.15) is 66.3 Å². The average molecular weight is 620 g/mol. The maximum atomic E-state index is 14.5. The molecule has 1 saturated heterocycles. The second kappa shape index (κ2) is 12.2. The number of amides is 3. The number of urea groups is 1. The molecule has 2 aliphatic rings. The van der Waals surface area contributed by atoms with Crippen LogP contribution in [0.4, 0.5) is 4.79 Å². The van der Waals surface area contributed by atoms with Crippen molar-refractivity contribution in [1.82, 2.24) is 19.7 Å². The normalized spacial score (nSPS) is 18.6. The molecule has 44 heavy (non-hydrogen) atoms. The van der Waals surface area contributed by atoms with Gasteiger partial charge >= 0.3 is 12.0 Å². The Labute approximate surface area is 260 Å². The largest absolute Gasteiger partial charge is 0.487 e. The molecule has 5 rings (SSSR count). The SMILES string of the molecule is Cn1ccc(C2N=C(c3ccc(C(=O)CC(=O)O)cc3OC(C)(C)C)N(C(=O)N3CCNC(=O)C3)C2c2ccc(Cl)cc2)c1. The number of aromatic nitrogens is 1. The summed E-state index contributed by atoms with van der Waals surface area (Å²) in [5.41, 5.74) is 1.54. The highest BCUT2D eigenvalue weighted by Gasteiger charge is 2.45. The topological polar surface area (TPSA) is 134 Å². The van der Waals surface area contributed by atoms with E-state index in [0.29, 0.717) is 29.5 Å². The minimum atomic E-state index is -1.24. The summed E-state index contributed by atoms with van der Waals surface area (Å²) in [5.74, 6) is -1.51. The van der Waals surface area contributed by atoms with Crippen LogP contribution >= 0.6 is 11.6 Å². The van der Waals surface area contributed by atoms with Gasteiger partial charge in [-0.05, 0) is 62.2 Å². The number of hydrogen-bond acceptors (Lipinski definition) is 6. The van der Waals surface area contributed by atoms with E-state index in [2.05, 4.69) is 5.32 Å². The number of piperazine rings is 1. The van der Waals surface area contributed by atoms with E-state index in [0.717, 1.165) is 11.1 Å². The van der Waals surface area contributed by atoms with Gasteiger partial charge in [0.2, 0.25) is 5.91 Å². The third-order valence-electron chi connectivity index (χ3n) is 7.26. The Bertz CT molecular complexity index is 1640. The average Bonchev–Trinajstić information content (AvgIpc) is 3.55. The summed E-state index contributed by atoms with van der Waals surface area (Å²) in [6.07, 6.45) is 3.17. The monoisotopic (exact) mass is 619 g/mol.